The summed E-state index contributed by atoms with van der Waals surface area (Å²) in [6, 6.07) is 9.94. The lowest BCUT2D eigenvalue weighted by Crippen LogP contribution is -2.53. The Morgan fingerprint density at radius 1 is 1.32 bits per heavy atom. The smallest absolute Gasteiger partial charge is 0.223 e. The van der Waals surface area contributed by atoms with Gasteiger partial charge in [-0.2, -0.15) is 4.68 Å². The van der Waals surface area contributed by atoms with Crippen molar-refractivity contribution in [2.45, 2.75) is 38.0 Å². The van der Waals surface area contributed by atoms with Crippen molar-refractivity contribution in [1.29, 1.82) is 0 Å². The largest absolute Gasteiger partial charge is 0.375 e. The molecule has 8 heteroatoms. The highest BCUT2D eigenvalue weighted by Gasteiger charge is 2.35. The fourth-order valence-corrected chi connectivity index (χ4v) is 3.65. The van der Waals surface area contributed by atoms with Crippen molar-refractivity contribution in [3.05, 3.63) is 36.2 Å². The van der Waals surface area contributed by atoms with Gasteiger partial charge in [0.05, 0.1) is 24.9 Å². The Labute approximate surface area is 145 Å². The first-order valence-electron chi connectivity index (χ1n) is 8.76. The minimum Gasteiger partial charge on any atom is -0.375 e. The molecule has 2 aromatic rings. The van der Waals surface area contributed by atoms with Crippen molar-refractivity contribution in [1.82, 2.24) is 30.8 Å². The molecular formula is C17H22N6O2. The molecule has 132 valence electrons. The molecule has 2 aliphatic rings. The second kappa shape index (κ2) is 7.28. The van der Waals surface area contributed by atoms with Crippen LogP contribution in [-0.2, 0) is 16.1 Å². The minimum atomic E-state index is 0.0107. The lowest BCUT2D eigenvalue weighted by Gasteiger charge is -2.39. The van der Waals surface area contributed by atoms with Gasteiger partial charge in [-0.3, -0.25) is 4.79 Å². The number of tetrazole rings is 1. The molecule has 8 nitrogen and oxygen atoms in total. The Balaban J connectivity index is 1.36. The average molecular weight is 342 g/mol. The van der Waals surface area contributed by atoms with Crippen molar-refractivity contribution >= 4 is 5.91 Å². The first kappa shape index (κ1) is 16.2. The van der Waals surface area contributed by atoms with Crippen LogP contribution < -0.4 is 10.6 Å². The molecule has 25 heavy (non-hydrogen) atoms. The molecule has 2 heterocycles. The Kier molecular flexibility index (Phi) is 4.71. The summed E-state index contributed by atoms with van der Waals surface area (Å²) in [7, 11) is 0. The predicted octanol–water partition coefficient (Wildman–Crippen LogP) is 0.436. The molecule has 1 aromatic carbocycles. The molecule has 0 radical (unpaired) electrons. The van der Waals surface area contributed by atoms with Gasteiger partial charge >= 0.3 is 0 Å². The van der Waals surface area contributed by atoms with Crippen LogP contribution in [0.3, 0.4) is 0 Å². The Bertz CT molecular complexity index is 719. The van der Waals surface area contributed by atoms with E-state index in [2.05, 4.69) is 26.2 Å². The molecule has 1 aromatic heterocycles. The van der Waals surface area contributed by atoms with E-state index in [1.54, 1.807) is 4.68 Å². The molecule has 0 bridgehead atoms. The molecule has 3 atom stereocenters. The second-order valence-electron chi connectivity index (χ2n) is 6.54. The molecule has 2 fully saturated rings. The standard InChI is InChI=1S/C17H22N6O2/c24-17(12-6-7-15-14(10-12)18-8-9-25-15)19-11-16-20-21-22-23(16)13-4-2-1-3-5-13/h1-5,12,14-15,18H,6-11H2,(H,19,24)/t12-,14+,15+/m0/s1. The highest BCUT2D eigenvalue weighted by molar-refractivity contribution is 5.78. The summed E-state index contributed by atoms with van der Waals surface area (Å²) in [6.07, 6.45) is 2.86. The fourth-order valence-electron chi connectivity index (χ4n) is 3.65. The molecule has 0 unspecified atom stereocenters. The molecule has 2 N–H and O–H groups in total. The third kappa shape index (κ3) is 3.54. The van der Waals surface area contributed by atoms with Crippen molar-refractivity contribution in [3.63, 3.8) is 0 Å². The van der Waals surface area contributed by atoms with Crippen LogP contribution in [-0.4, -0.2) is 51.4 Å². The number of hydrogen-bond donors (Lipinski definition) is 2. The summed E-state index contributed by atoms with van der Waals surface area (Å²) in [5, 5.41) is 18.2. The van der Waals surface area contributed by atoms with Gasteiger partial charge in [0.1, 0.15) is 0 Å². The molecule has 1 saturated heterocycles. The summed E-state index contributed by atoms with van der Waals surface area (Å²) < 4.78 is 7.42. The number of fused-ring (bicyclic) bond motifs is 1. The molecule has 0 spiro atoms. The normalized spacial score (nSPS) is 26.0. The SMILES string of the molecule is O=C(NCc1nnnn1-c1ccccc1)[C@H]1CC[C@H]2OCCN[C@@H]2C1. The van der Waals surface area contributed by atoms with Crippen LogP contribution in [0.5, 0.6) is 0 Å². The third-order valence-corrected chi connectivity index (χ3v) is 4.95. The number of morpholine rings is 1. The lowest BCUT2D eigenvalue weighted by atomic mass is 9.82. The monoisotopic (exact) mass is 342 g/mol. The Morgan fingerprint density at radius 3 is 3.08 bits per heavy atom. The van der Waals surface area contributed by atoms with E-state index >= 15 is 0 Å². The van der Waals surface area contributed by atoms with Crippen LogP contribution in [0.15, 0.2) is 30.3 Å². The number of rotatable bonds is 4. The van der Waals surface area contributed by atoms with Crippen LogP contribution in [0.25, 0.3) is 5.69 Å². The van der Waals surface area contributed by atoms with Crippen molar-refractivity contribution in [3.8, 4) is 5.69 Å². The molecule has 1 aliphatic carbocycles. The average Bonchev–Trinajstić information content (AvgIpc) is 3.15. The second-order valence-corrected chi connectivity index (χ2v) is 6.54. The molecule has 1 amide bonds. The number of benzene rings is 1. The van der Waals surface area contributed by atoms with Gasteiger partial charge in [-0.1, -0.05) is 18.2 Å². The van der Waals surface area contributed by atoms with Gasteiger partial charge in [0.25, 0.3) is 0 Å². The maximum absolute atomic E-state index is 12.6. The van der Waals surface area contributed by atoms with Gasteiger partial charge in [0, 0.05) is 18.5 Å². The van der Waals surface area contributed by atoms with E-state index in [0.717, 1.165) is 38.1 Å². The van der Waals surface area contributed by atoms with Gasteiger partial charge in [-0.15, -0.1) is 5.10 Å². The van der Waals surface area contributed by atoms with Gasteiger partial charge in [0.2, 0.25) is 5.91 Å². The number of para-hydroxylation sites is 1. The van der Waals surface area contributed by atoms with Crippen molar-refractivity contribution in [2.75, 3.05) is 13.2 Å². The number of nitrogens with one attached hydrogen (secondary N) is 2. The van der Waals surface area contributed by atoms with Crippen molar-refractivity contribution in [2.24, 2.45) is 5.92 Å². The lowest BCUT2D eigenvalue weighted by molar-refractivity contribution is -0.128. The van der Waals surface area contributed by atoms with Gasteiger partial charge in [0.15, 0.2) is 5.82 Å². The molecule has 4 rings (SSSR count). The van der Waals surface area contributed by atoms with Crippen LogP contribution in [0.1, 0.15) is 25.1 Å². The number of carbonyl (C=O) groups is 1. The maximum Gasteiger partial charge on any atom is 0.223 e. The highest BCUT2D eigenvalue weighted by atomic mass is 16.5. The van der Waals surface area contributed by atoms with E-state index in [9.17, 15) is 4.79 Å². The number of aromatic nitrogens is 4. The summed E-state index contributed by atoms with van der Waals surface area (Å²) in [5.74, 6) is 0.692. The Morgan fingerprint density at radius 2 is 2.20 bits per heavy atom. The Hall–Kier alpha value is -2.32. The first-order chi connectivity index (χ1) is 12.3. The number of hydrogen-bond acceptors (Lipinski definition) is 6. The molecular weight excluding hydrogens is 320 g/mol. The van der Waals surface area contributed by atoms with E-state index in [4.69, 9.17) is 4.74 Å². The van der Waals surface area contributed by atoms with E-state index < -0.39 is 0 Å². The van der Waals surface area contributed by atoms with E-state index in [1.165, 1.54) is 0 Å². The van der Waals surface area contributed by atoms with Gasteiger partial charge in [-0.05, 0) is 41.8 Å². The van der Waals surface area contributed by atoms with E-state index in [0.29, 0.717) is 12.4 Å². The number of ether oxygens (including phenoxy) is 1. The molecule has 1 saturated carbocycles. The minimum absolute atomic E-state index is 0.0107. The summed E-state index contributed by atoms with van der Waals surface area (Å²) in [4.78, 5) is 12.6. The van der Waals surface area contributed by atoms with E-state index in [1.807, 2.05) is 30.3 Å². The van der Waals surface area contributed by atoms with E-state index in [-0.39, 0.29) is 24.0 Å². The zero-order chi connectivity index (χ0) is 17.1. The zero-order valence-corrected chi connectivity index (χ0v) is 14.0. The first-order valence-corrected chi connectivity index (χ1v) is 8.76. The number of nitrogens with zero attached hydrogens (tertiary/aromatic N) is 4. The predicted molar refractivity (Wildman–Crippen MR) is 89.9 cm³/mol. The van der Waals surface area contributed by atoms with Crippen LogP contribution >= 0.6 is 0 Å². The summed E-state index contributed by atoms with van der Waals surface area (Å²) in [5.41, 5.74) is 0.876. The van der Waals surface area contributed by atoms with Gasteiger partial charge in [-0.25, -0.2) is 0 Å². The highest BCUT2D eigenvalue weighted by Crippen LogP contribution is 2.28. The third-order valence-electron chi connectivity index (χ3n) is 4.95. The maximum atomic E-state index is 12.6. The zero-order valence-electron chi connectivity index (χ0n) is 14.0. The van der Waals surface area contributed by atoms with Crippen LogP contribution in [0.4, 0.5) is 0 Å². The number of amides is 1. The summed E-state index contributed by atoms with van der Waals surface area (Å²) in [6.45, 7) is 1.94. The molecule has 1 aliphatic heterocycles. The van der Waals surface area contributed by atoms with Crippen LogP contribution in [0, 0.1) is 5.92 Å². The fraction of sp³-hybridized carbons (Fsp3) is 0.529. The number of carbonyl (C=O) groups excluding carboxylic acids is 1. The quantitative estimate of drug-likeness (QED) is 0.837. The summed E-state index contributed by atoms with van der Waals surface area (Å²) >= 11 is 0. The van der Waals surface area contributed by atoms with Crippen molar-refractivity contribution < 1.29 is 9.53 Å². The van der Waals surface area contributed by atoms with Crippen LogP contribution in [0.2, 0.25) is 0 Å². The topological polar surface area (TPSA) is 94.0 Å². The van der Waals surface area contributed by atoms with Gasteiger partial charge < -0.3 is 15.4 Å².